The van der Waals surface area contributed by atoms with Crippen molar-refractivity contribution in [3.05, 3.63) is 29.8 Å². The quantitative estimate of drug-likeness (QED) is 0.625. The van der Waals surface area contributed by atoms with Crippen molar-refractivity contribution in [2.24, 2.45) is 0 Å². The molecular formula is C8H9NOS. The SMILES string of the molecule is OCC1SNc2ccccc21. The van der Waals surface area contributed by atoms with E-state index in [1.54, 1.807) is 11.9 Å². The Morgan fingerprint density at radius 2 is 2.27 bits per heavy atom. The Labute approximate surface area is 69.8 Å². The van der Waals surface area contributed by atoms with E-state index in [1.165, 1.54) is 5.56 Å². The summed E-state index contributed by atoms with van der Waals surface area (Å²) in [5.41, 5.74) is 2.34. The summed E-state index contributed by atoms with van der Waals surface area (Å²) in [6, 6.07) is 8.06. The molecule has 0 bridgehead atoms. The van der Waals surface area contributed by atoms with Gasteiger partial charge in [0.05, 0.1) is 11.9 Å². The molecule has 1 aliphatic rings. The highest BCUT2D eigenvalue weighted by molar-refractivity contribution is 8.01. The van der Waals surface area contributed by atoms with Crippen molar-refractivity contribution in [1.29, 1.82) is 0 Å². The molecule has 0 aromatic heterocycles. The second-order valence-electron chi connectivity index (χ2n) is 2.48. The largest absolute Gasteiger partial charge is 0.395 e. The van der Waals surface area contributed by atoms with Crippen LogP contribution in [0.1, 0.15) is 10.8 Å². The Kier molecular flexibility index (Phi) is 1.75. The average Bonchev–Trinajstić information content (AvgIpc) is 2.47. The third-order valence-electron chi connectivity index (χ3n) is 1.78. The van der Waals surface area contributed by atoms with Crippen molar-refractivity contribution < 1.29 is 5.11 Å². The van der Waals surface area contributed by atoms with E-state index in [1.807, 2.05) is 24.3 Å². The summed E-state index contributed by atoms with van der Waals surface area (Å²) in [4.78, 5) is 0. The Balaban J connectivity index is 2.39. The fraction of sp³-hybridized carbons (Fsp3) is 0.250. The minimum atomic E-state index is 0.203. The highest BCUT2D eigenvalue weighted by atomic mass is 32.2. The van der Waals surface area contributed by atoms with E-state index in [2.05, 4.69) is 4.72 Å². The fourth-order valence-electron chi connectivity index (χ4n) is 1.20. The third-order valence-corrected chi connectivity index (χ3v) is 2.81. The molecule has 1 heterocycles. The van der Waals surface area contributed by atoms with Gasteiger partial charge in [-0.15, -0.1) is 0 Å². The van der Waals surface area contributed by atoms with Gasteiger partial charge in [-0.3, -0.25) is 0 Å². The standard InChI is InChI=1S/C8H9NOS/c10-5-8-6-3-1-2-4-7(6)9-11-8/h1-4,8-10H,5H2. The van der Waals surface area contributed by atoms with E-state index < -0.39 is 0 Å². The first-order valence-electron chi connectivity index (χ1n) is 3.53. The van der Waals surface area contributed by atoms with E-state index in [9.17, 15) is 0 Å². The zero-order chi connectivity index (χ0) is 7.68. The van der Waals surface area contributed by atoms with Gasteiger partial charge in [0.2, 0.25) is 0 Å². The third kappa shape index (κ3) is 1.10. The fourth-order valence-corrected chi connectivity index (χ4v) is 2.07. The molecule has 2 nitrogen and oxygen atoms in total. The van der Waals surface area contributed by atoms with Gasteiger partial charge in [-0.25, -0.2) is 0 Å². The van der Waals surface area contributed by atoms with Gasteiger partial charge in [0, 0.05) is 5.69 Å². The minimum absolute atomic E-state index is 0.203. The first-order chi connectivity index (χ1) is 5.42. The zero-order valence-corrected chi connectivity index (χ0v) is 6.77. The topological polar surface area (TPSA) is 32.3 Å². The Bertz CT molecular complexity index is 264. The number of aliphatic hydroxyl groups is 1. The molecule has 0 saturated carbocycles. The molecule has 1 aliphatic heterocycles. The van der Waals surface area contributed by atoms with Crippen molar-refractivity contribution in [3.8, 4) is 0 Å². The van der Waals surface area contributed by atoms with E-state index in [4.69, 9.17) is 5.11 Å². The van der Waals surface area contributed by atoms with Gasteiger partial charge in [-0.05, 0) is 23.6 Å². The molecule has 0 fully saturated rings. The summed E-state index contributed by atoms with van der Waals surface area (Å²) in [5, 5.41) is 9.17. The Morgan fingerprint density at radius 1 is 1.45 bits per heavy atom. The summed E-state index contributed by atoms with van der Waals surface area (Å²) in [6.07, 6.45) is 0. The van der Waals surface area contributed by atoms with Gasteiger partial charge in [0.15, 0.2) is 0 Å². The second-order valence-corrected chi connectivity index (χ2v) is 3.49. The molecule has 3 heteroatoms. The number of fused-ring (bicyclic) bond motifs is 1. The first-order valence-corrected chi connectivity index (χ1v) is 4.41. The maximum Gasteiger partial charge on any atom is 0.0746 e. The van der Waals surface area contributed by atoms with Gasteiger partial charge < -0.3 is 9.83 Å². The molecule has 0 saturated heterocycles. The molecule has 2 rings (SSSR count). The van der Waals surface area contributed by atoms with Crippen LogP contribution in [0.2, 0.25) is 0 Å². The number of benzene rings is 1. The molecule has 0 radical (unpaired) electrons. The van der Waals surface area contributed by atoms with Crippen LogP contribution in [0.3, 0.4) is 0 Å². The highest BCUT2D eigenvalue weighted by Crippen LogP contribution is 2.40. The molecule has 1 aromatic rings. The number of nitrogens with one attached hydrogen (secondary N) is 1. The molecular weight excluding hydrogens is 158 g/mol. The van der Waals surface area contributed by atoms with Crippen LogP contribution in [-0.2, 0) is 0 Å². The van der Waals surface area contributed by atoms with Crippen LogP contribution in [0.5, 0.6) is 0 Å². The number of hydrogen-bond acceptors (Lipinski definition) is 3. The molecule has 1 aromatic carbocycles. The smallest absolute Gasteiger partial charge is 0.0746 e. The summed E-state index contributed by atoms with van der Waals surface area (Å²) >= 11 is 1.57. The van der Waals surface area contributed by atoms with Crippen molar-refractivity contribution in [2.75, 3.05) is 11.3 Å². The lowest BCUT2D eigenvalue weighted by Crippen LogP contribution is -1.93. The highest BCUT2D eigenvalue weighted by Gasteiger charge is 2.20. The number of anilines is 1. The normalized spacial score (nSPS) is 21.0. The summed E-state index contributed by atoms with van der Waals surface area (Å²) in [6.45, 7) is 0.203. The Morgan fingerprint density at radius 3 is 3.09 bits per heavy atom. The summed E-state index contributed by atoms with van der Waals surface area (Å²) < 4.78 is 3.16. The van der Waals surface area contributed by atoms with Crippen LogP contribution in [-0.4, -0.2) is 11.7 Å². The molecule has 0 aliphatic carbocycles. The maximum absolute atomic E-state index is 8.95. The summed E-state index contributed by atoms with van der Waals surface area (Å²) in [5.74, 6) is 0. The lowest BCUT2D eigenvalue weighted by Gasteiger charge is -2.02. The minimum Gasteiger partial charge on any atom is -0.395 e. The molecule has 0 amide bonds. The van der Waals surface area contributed by atoms with Crippen LogP contribution in [0, 0.1) is 0 Å². The molecule has 2 N–H and O–H groups in total. The zero-order valence-electron chi connectivity index (χ0n) is 5.95. The monoisotopic (exact) mass is 167 g/mol. The van der Waals surface area contributed by atoms with E-state index in [0.717, 1.165) is 5.69 Å². The van der Waals surface area contributed by atoms with Crippen molar-refractivity contribution in [1.82, 2.24) is 0 Å². The molecule has 0 spiro atoms. The number of aliphatic hydroxyl groups excluding tert-OH is 1. The van der Waals surface area contributed by atoms with Gasteiger partial charge in [-0.2, -0.15) is 0 Å². The lowest BCUT2D eigenvalue weighted by atomic mass is 10.1. The van der Waals surface area contributed by atoms with Gasteiger partial charge in [0.1, 0.15) is 0 Å². The number of para-hydroxylation sites is 1. The van der Waals surface area contributed by atoms with E-state index in [0.29, 0.717) is 0 Å². The van der Waals surface area contributed by atoms with Crippen LogP contribution in [0.25, 0.3) is 0 Å². The predicted molar refractivity (Wildman–Crippen MR) is 47.5 cm³/mol. The van der Waals surface area contributed by atoms with Crippen molar-refractivity contribution in [3.63, 3.8) is 0 Å². The Hall–Kier alpha value is -0.670. The molecule has 58 valence electrons. The summed E-state index contributed by atoms with van der Waals surface area (Å²) in [7, 11) is 0. The molecule has 1 atom stereocenters. The molecule has 1 unspecified atom stereocenters. The van der Waals surface area contributed by atoms with Gasteiger partial charge >= 0.3 is 0 Å². The van der Waals surface area contributed by atoms with E-state index >= 15 is 0 Å². The van der Waals surface area contributed by atoms with Gasteiger partial charge in [-0.1, -0.05) is 18.2 Å². The van der Waals surface area contributed by atoms with Crippen LogP contribution in [0.15, 0.2) is 24.3 Å². The predicted octanol–water partition coefficient (Wildman–Crippen LogP) is 1.79. The second kappa shape index (κ2) is 2.75. The first kappa shape index (κ1) is 7.00. The number of hydrogen-bond donors (Lipinski definition) is 2. The van der Waals surface area contributed by atoms with Crippen LogP contribution < -0.4 is 4.72 Å². The molecule has 11 heavy (non-hydrogen) atoms. The average molecular weight is 167 g/mol. The number of rotatable bonds is 1. The van der Waals surface area contributed by atoms with E-state index in [-0.39, 0.29) is 11.9 Å². The lowest BCUT2D eigenvalue weighted by molar-refractivity contribution is 0.297. The van der Waals surface area contributed by atoms with Crippen molar-refractivity contribution >= 4 is 17.6 Å². The van der Waals surface area contributed by atoms with Crippen LogP contribution in [0.4, 0.5) is 5.69 Å². The van der Waals surface area contributed by atoms with Gasteiger partial charge in [0.25, 0.3) is 0 Å². The van der Waals surface area contributed by atoms with Crippen LogP contribution >= 0.6 is 11.9 Å². The maximum atomic E-state index is 8.95. The van der Waals surface area contributed by atoms with Crippen molar-refractivity contribution in [2.45, 2.75) is 5.25 Å².